The summed E-state index contributed by atoms with van der Waals surface area (Å²) in [5.74, 6) is -0.267. The molecule has 1 heterocycles. The van der Waals surface area contributed by atoms with Gasteiger partial charge in [0.05, 0.1) is 6.61 Å². The highest BCUT2D eigenvalue weighted by molar-refractivity contribution is 5.74. The summed E-state index contributed by atoms with van der Waals surface area (Å²) in [6.07, 6.45) is 0.632. The van der Waals surface area contributed by atoms with Gasteiger partial charge in [-0.2, -0.15) is 0 Å². The Balaban J connectivity index is 2.15. The molecule has 1 unspecified atom stereocenters. The van der Waals surface area contributed by atoms with E-state index < -0.39 is 12.1 Å². The molecule has 0 aromatic rings. The minimum Gasteiger partial charge on any atom is -0.463 e. The molecule has 5 nitrogen and oxygen atoms in total. The average Bonchev–Trinajstić information content (AvgIpc) is 2.26. The third kappa shape index (κ3) is 3.61. The zero-order valence-corrected chi connectivity index (χ0v) is 8.15. The minimum atomic E-state index is -1.19. The van der Waals surface area contributed by atoms with E-state index in [0.29, 0.717) is 12.5 Å². The van der Waals surface area contributed by atoms with E-state index in [9.17, 15) is 4.79 Å². The molecule has 1 aliphatic rings. The molecule has 82 valence electrons. The molecular weight excluding hydrogens is 186 g/mol. The van der Waals surface area contributed by atoms with Gasteiger partial charge >= 0.3 is 5.97 Å². The maximum Gasteiger partial charge on any atom is 0.336 e. The Morgan fingerprint density at radius 2 is 2.21 bits per heavy atom. The third-order valence-corrected chi connectivity index (χ3v) is 2.30. The van der Waals surface area contributed by atoms with Gasteiger partial charge in [-0.25, -0.2) is 4.79 Å². The predicted octanol–water partition coefficient (Wildman–Crippen LogP) is -0.724. The molecular formula is C9H17NO4. The summed E-state index contributed by atoms with van der Waals surface area (Å²) in [5, 5.41) is 9.03. The van der Waals surface area contributed by atoms with Crippen LogP contribution in [0.3, 0.4) is 0 Å². The first-order chi connectivity index (χ1) is 6.74. The van der Waals surface area contributed by atoms with Crippen molar-refractivity contribution in [2.75, 3.05) is 26.4 Å². The van der Waals surface area contributed by atoms with E-state index in [4.69, 9.17) is 20.3 Å². The number of ether oxygens (including phenoxy) is 2. The number of aliphatic hydroxyl groups excluding tert-OH is 1. The second-order valence-electron chi connectivity index (χ2n) is 3.44. The zero-order chi connectivity index (χ0) is 10.4. The highest BCUT2D eigenvalue weighted by Crippen LogP contribution is 2.14. The minimum absolute atomic E-state index is 0.0907. The molecule has 1 rings (SSSR count). The van der Waals surface area contributed by atoms with Crippen LogP contribution in [0.4, 0.5) is 0 Å². The quantitative estimate of drug-likeness (QED) is 0.589. The van der Waals surface area contributed by atoms with Crippen LogP contribution in [0.15, 0.2) is 0 Å². The summed E-state index contributed by atoms with van der Waals surface area (Å²) in [6, 6.07) is 0. The predicted molar refractivity (Wildman–Crippen MR) is 49.6 cm³/mol. The lowest BCUT2D eigenvalue weighted by molar-refractivity contribution is -0.155. The lowest BCUT2D eigenvalue weighted by atomic mass is 10.0. The van der Waals surface area contributed by atoms with Crippen molar-refractivity contribution in [3.8, 4) is 0 Å². The van der Waals surface area contributed by atoms with Gasteiger partial charge in [0, 0.05) is 19.8 Å². The van der Waals surface area contributed by atoms with Crippen LogP contribution in [0, 0.1) is 5.92 Å². The van der Waals surface area contributed by atoms with Crippen LogP contribution >= 0.6 is 0 Å². The van der Waals surface area contributed by atoms with Gasteiger partial charge in [0.25, 0.3) is 0 Å². The van der Waals surface area contributed by atoms with E-state index in [0.717, 1.165) is 26.1 Å². The number of rotatable bonds is 4. The van der Waals surface area contributed by atoms with Crippen molar-refractivity contribution in [1.29, 1.82) is 0 Å². The molecule has 0 bridgehead atoms. The third-order valence-electron chi connectivity index (χ3n) is 2.30. The molecule has 0 radical (unpaired) electrons. The number of nitrogens with two attached hydrogens (primary N) is 1. The van der Waals surface area contributed by atoms with E-state index in [1.807, 2.05) is 0 Å². The van der Waals surface area contributed by atoms with Crippen molar-refractivity contribution in [1.82, 2.24) is 0 Å². The van der Waals surface area contributed by atoms with Gasteiger partial charge in [-0.15, -0.1) is 0 Å². The Morgan fingerprint density at radius 1 is 1.57 bits per heavy atom. The van der Waals surface area contributed by atoms with E-state index in [1.54, 1.807) is 0 Å². The van der Waals surface area contributed by atoms with Gasteiger partial charge in [0.1, 0.15) is 0 Å². The molecule has 0 aromatic carbocycles. The van der Waals surface area contributed by atoms with Crippen LogP contribution in [-0.4, -0.2) is 43.5 Å². The fourth-order valence-electron chi connectivity index (χ4n) is 1.31. The molecule has 0 aromatic heterocycles. The topological polar surface area (TPSA) is 81.8 Å². The van der Waals surface area contributed by atoms with Gasteiger partial charge in [-0.05, 0) is 18.8 Å². The maximum atomic E-state index is 11.0. The molecule has 1 saturated heterocycles. The largest absolute Gasteiger partial charge is 0.463 e. The summed E-state index contributed by atoms with van der Waals surface area (Å²) in [6.45, 7) is 1.72. The highest BCUT2D eigenvalue weighted by atomic mass is 16.5. The Labute approximate surface area is 83.2 Å². The standard InChI is InChI=1S/C9H17NO4/c10-5-8(11)9(12)14-6-7-1-3-13-4-2-7/h7-8,11H,1-6,10H2. The monoisotopic (exact) mass is 203 g/mol. The summed E-state index contributed by atoms with van der Waals surface area (Å²) < 4.78 is 10.1. The highest BCUT2D eigenvalue weighted by Gasteiger charge is 2.19. The molecule has 5 heteroatoms. The first-order valence-electron chi connectivity index (χ1n) is 4.86. The van der Waals surface area contributed by atoms with Crippen molar-refractivity contribution in [2.24, 2.45) is 11.7 Å². The van der Waals surface area contributed by atoms with Crippen LogP contribution in [0.2, 0.25) is 0 Å². The second-order valence-corrected chi connectivity index (χ2v) is 3.44. The Kier molecular flexibility index (Phi) is 4.86. The molecule has 0 spiro atoms. The molecule has 1 aliphatic heterocycles. The number of carbonyl (C=O) groups excluding carboxylic acids is 1. The molecule has 0 saturated carbocycles. The summed E-state index contributed by atoms with van der Waals surface area (Å²) in [7, 11) is 0. The first kappa shape index (κ1) is 11.4. The second kappa shape index (κ2) is 5.95. The van der Waals surface area contributed by atoms with Crippen LogP contribution in [0.25, 0.3) is 0 Å². The number of carbonyl (C=O) groups is 1. The Hall–Kier alpha value is -0.650. The molecule has 1 fully saturated rings. The zero-order valence-electron chi connectivity index (χ0n) is 8.15. The van der Waals surface area contributed by atoms with Gasteiger partial charge in [0.2, 0.25) is 0 Å². The number of hydrogen-bond acceptors (Lipinski definition) is 5. The molecule has 0 aliphatic carbocycles. The van der Waals surface area contributed by atoms with Crippen molar-refractivity contribution in [2.45, 2.75) is 18.9 Å². The number of hydrogen-bond donors (Lipinski definition) is 2. The molecule has 0 amide bonds. The van der Waals surface area contributed by atoms with E-state index in [-0.39, 0.29) is 6.54 Å². The van der Waals surface area contributed by atoms with Crippen molar-refractivity contribution >= 4 is 5.97 Å². The smallest absolute Gasteiger partial charge is 0.336 e. The summed E-state index contributed by atoms with van der Waals surface area (Å²) >= 11 is 0. The lowest BCUT2D eigenvalue weighted by Crippen LogP contribution is -2.32. The molecule has 1 atom stereocenters. The Bertz CT molecular complexity index is 180. The SMILES string of the molecule is NCC(O)C(=O)OCC1CCOCC1. The normalized spacial score (nSPS) is 20.4. The Morgan fingerprint density at radius 3 is 2.79 bits per heavy atom. The molecule has 14 heavy (non-hydrogen) atoms. The van der Waals surface area contributed by atoms with Crippen molar-refractivity contribution in [3.63, 3.8) is 0 Å². The maximum absolute atomic E-state index is 11.0. The van der Waals surface area contributed by atoms with E-state index in [2.05, 4.69) is 0 Å². The van der Waals surface area contributed by atoms with Gasteiger partial charge in [0.15, 0.2) is 6.10 Å². The van der Waals surface area contributed by atoms with Crippen LogP contribution in [-0.2, 0) is 14.3 Å². The van der Waals surface area contributed by atoms with Crippen LogP contribution in [0.5, 0.6) is 0 Å². The summed E-state index contributed by atoms with van der Waals surface area (Å²) in [4.78, 5) is 11.0. The van der Waals surface area contributed by atoms with Crippen LogP contribution < -0.4 is 5.73 Å². The fraction of sp³-hybridized carbons (Fsp3) is 0.889. The number of aliphatic hydroxyl groups is 1. The number of esters is 1. The van der Waals surface area contributed by atoms with Gasteiger partial charge in [-0.3, -0.25) is 0 Å². The fourth-order valence-corrected chi connectivity index (χ4v) is 1.31. The van der Waals surface area contributed by atoms with Crippen LogP contribution in [0.1, 0.15) is 12.8 Å². The van der Waals surface area contributed by atoms with Gasteiger partial charge < -0.3 is 20.3 Å². The molecule has 3 N–H and O–H groups in total. The van der Waals surface area contributed by atoms with Gasteiger partial charge in [-0.1, -0.05) is 0 Å². The van der Waals surface area contributed by atoms with Crippen molar-refractivity contribution in [3.05, 3.63) is 0 Å². The average molecular weight is 203 g/mol. The van der Waals surface area contributed by atoms with E-state index >= 15 is 0 Å². The first-order valence-corrected chi connectivity index (χ1v) is 4.86. The van der Waals surface area contributed by atoms with E-state index in [1.165, 1.54) is 0 Å². The lowest BCUT2D eigenvalue weighted by Gasteiger charge is -2.21. The summed E-state index contributed by atoms with van der Waals surface area (Å²) in [5.41, 5.74) is 5.11. The van der Waals surface area contributed by atoms with Crippen molar-refractivity contribution < 1.29 is 19.4 Å².